The van der Waals surface area contributed by atoms with Crippen LogP contribution in [0.5, 0.6) is 0 Å². The molecule has 0 aromatic heterocycles. The molecule has 0 heterocycles. The minimum atomic E-state index is -1.04. The first kappa shape index (κ1) is 14.9. The molecule has 1 aromatic rings. The van der Waals surface area contributed by atoms with Gasteiger partial charge < -0.3 is 5.32 Å². The van der Waals surface area contributed by atoms with E-state index in [1.54, 1.807) is 0 Å². The third kappa shape index (κ3) is 3.19. The summed E-state index contributed by atoms with van der Waals surface area (Å²) in [6.07, 6.45) is 1.34. The maximum Gasteiger partial charge on any atom is 0.251 e. The van der Waals surface area contributed by atoms with Crippen LogP contribution in [0.15, 0.2) is 18.2 Å². The summed E-state index contributed by atoms with van der Waals surface area (Å²) in [4.78, 5) is 11.9. The molecular formula is C13H16ClF2NO. The predicted octanol–water partition coefficient (Wildman–Crippen LogP) is 3.49. The van der Waals surface area contributed by atoms with Crippen LogP contribution in [0.4, 0.5) is 8.78 Å². The highest BCUT2D eigenvalue weighted by Gasteiger charge is 2.27. The number of amides is 1. The van der Waals surface area contributed by atoms with Gasteiger partial charge in [0.25, 0.3) is 5.91 Å². The predicted molar refractivity (Wildman–Crippen MR) is 67.9 cm³/mol. The summed E-state index contributed by atoms with van der Waals surface area (Å²) in [6, 6.07) is 3.07. The molecule has 2 nitrogen and oxygen atoms in total. The quantitative estimate of drug-likeness (QED) is 0.819. The lowest BCUT2D eigenvalue weighted by Gasteiger charge is -2.30. The van der Waals surface area contributed by atoms with Crippen molar-refractivity contribution >= 4 is 17.5 Å². The lowest BCUT2D eigenvalue weighted by atomic mass is 9.94. The molecule has 0 aliphatic rings. The second kappa shape index (κ2) is 6.14. The zero-order valence-corrected chi connectivity index (χ0v) is 11.2. The first-order valence-corrected chi connectivity index (χ1v) is 6.35. The number of benzene rings is 1. The fourth-order valence-electron chi connectivity index (χ4n) is 1.60. The van der Waals surface area contributed by atoms with Gasteiger partial charge in [-0.1, -0.05) is 13.8 Å². The third-order valence-electron chi connectivity index (χ3n) is 3.17. The molecule has 1 aromatic carbocycles. The molecule has 5 heteroatoms. The summed E-state index contributed by atoms with van der Waals surface area (Å²) in [6.45, 7) is 3.83. The summed E-state index contributed by atoms with van der Waals surface area (Å²) < 4.78 is 25.8. The van der Waals surface area contributed by atoms with Gasteiger partial charge in [-0.3, -0.25) is 4.79 Å². The Labute approximate surface area is 110 Å². The van der Waals surface area contributed by atoms with Crippen molar-refractivity contribution < 1.29 is 13.6 Å². The summed E-state index contributed by atoms with van der Waals surface area (Å²) in [7, 11) is 0. The van der Waals surface area contributed by atoms with Crippen molar-refractivity contribution in [2.75, 3.05) is 5.88 Å². The molecule has 1 N–H and O–H groups in total. The molecule has 0 bridgehead atoms. The third-order valence-corrected chi connectivity index (χ3v) is 3.68. The SMILES string of the molecule is CCC(CC)(CCl)NC(=O)c1ccc(F)c(F)c1. The highest BCUT2D eigenvalue weighted by molar-refractivity contribution is 6.18. The van der Waals surface area contributed by atoms with Gasteiger partial charge in [-0.15, -0.1) is 11.6 Å². The Morgan fingerprint density at radius 3 is 2.33 bits per heavy atom. The smallest absolute Gasteiger partial charge is 0.251 e. The lowest BCUT2D eigenvalue weighted by Crippen LogP contribution is -2.49. The number of halogens is 3. The first-order valence-electron chi connectivity index (χ1n) is 5.81. The Balaban J connectivity index is 2.90. The molecular weight excluding hydrogens is 260 g/mol. The van der Waals surface area contributed by atoms with Crippen molar-refractivity contribution in [2.24, 2.45) is 0 Å². The number of nitrogens with one attached hydrogen (secondary N) is 1. The van der Waals surface area contributed by atoms with E-state index < -0.39 is 23.1 Å². The van der Waals surface area contributed by atoms with Gasteiger partial charge >= 0.3 is 0 Å². The van der Waals surface area contributed by atoms with E-state index in [0.717, 1.165) is 12.1 Å². The Bertz CT molecular complexity index is 425. The minimum Gasteiger partial charge on any atom is -0.345 e. The van der Waals surface area contributed by atoms with Crippen LogP contribution in [0.2, 0.25) is 0 Å². The highest BCUT2D eigenvalue weighted by Crippen LogP contribution is 2.18. The average molecular weight is 276 g/mol. The number of carbonyl (C=O) groups is 1. The average Bonchev–Trinajstić information content (AvgIpc) is 2.39. The van der Waals surface area contributed by atoms with E-state index >= 15 is 0 Å². The van der Waals surface area contributed by atoms with Crippen LogP contribution in [-0.2, 0) is 0 Å². The van der Waals surface area contributed by atoms with Gasteiger partial charge in [0.05, 0.1) is 5.54 Å². The van der Waals surface area contributed by atoms with Crippen LogP contribution >= 0.6 is 11.6 Å². The van der Waals surface area contributed by atoms with Gasteiger partial charge in [0.15, 0.2) is 11.6 Å². The van der Waals surface area contributed by atoms with E-state index in [9.17, 15) is 13.6 Å². The molecule has 0 atom stereocenters. The summed E-state index contributed by atoms with van der Waals surface area (Å²) >= 11 is 5.86. The van der Waals surface area contributed by atoms with Gasteiger partial charge in [-0.2, -0.15) is 0 Å². The van der Waals surface area contributed by atoms with Gasteiger partial charge in [0.1, 0.15) is 0 Å². The van der Waals surface area contributed by atoms with E-state index in [-0.39, 0.29) is 11.4 Å². The van der Waals surface area contributed by atoms with E-state index in [0.29, 0.717) is 12.8 Å². The van der Waals surface area contributed by atoms with Crippen molar-refractivity contribution in [1.29, 1.82) is 0 Å². The lowest BCUT2D eigenvalue weighted by molar-refractivity contribution is 0.0902. The van der Waals surface area contributed by atoms with Crippen LogP contribution < -0.4 is 5.32 Å². The van der Waals surface area contributed by atoms with Gasteiger partial charge in [0.2, 0.25) is 0 Å². The zero-order valence-electron chi connectivity index (χ0n) is 10.4. The Hall–Kier alpha value is -1.16. The Kier molecular flexibility index (Phi) is 5.08. The summed E-state index contributed by atoms with van der Waals surface area (Å²) in [5, 5.41) is 2.78. The monoisotopic (exact) mass is 275 g/mol. The fraction of sp³-hybridized carbons (Fsp3) is 0.462. The van der Waals surface area contributed by atoms with E-state index in [4.69, 9.17) is 11.6 Å². The molecule has 18 heavy (non-hydrogen) atoms. The molecule has 0 aliphatic heterocycles. The Morgan fingerprint density at radius 2 is 1.89 bits per heavy atom. The Morgan fingerprint density at radius 1 is 1.28 bits per heavy atom. The van der Waals surface area contributed by atoms with E-state index in [2.05, 4.69) is 5.32 Å². The van der Waals surface area contributed by atoms with Crippen LogP contribution in [0, 0.1) is 11.6 Å². The van der Waals surface area contributed by atoms with Crippen molar-refractivity contribution in [1.82, 2.24) is 5.32 Å². The number of carbonyl (C=O) groups excluding carboxylic acids is 1. The number of hydrogen-bond acceptors (Lipinski definition) is 1. The molecule has 1 amide bonds. The topological polar surface area (TPSA) is 29.1 Å². The zero-order chi connectivity index (χ0) is 13.8. The van der Waals surface area contributed by atoms with Crippen molar-refractivity contribution in [3.8, 4) is 0 Å². The standard InChI is InChI=1S/C13H16ClF2NO/c1-3-13(4-2,8-14)17-12(18)9-5-6-10(15)11(16)7-9/h5-7H,3-4,8H2,1-2H3,(H,17,18). The van der Waals surface area contributed by atoms with Gasteiger partial charge in [-0.25, -0.2) is 8.78 Å². The van der Waals surface area contributed by atoms with Crippen molar-refractivity contribution in [3.63, 3.8) is 0 Å². The molecule has 0 fully saturated rings. The molecule has 0 spiro atoms. The molecule has 0 saturated carbocycles. The summed E-state index contributed by atoms with van der Waals surface area (Å²) in [5.41, 5.74) is -0.422. The fourth-order valence-corrected chi connectivity index (χ4v) is 2.04. The van der Waals surface area contributed by atoms with Gasteiger partial charge in [-0.05, 0) is 31.0 Å². The van der Waals surface area contributed by atoms with E-state index in [1.807, 2.05) is 13.8 Å². The summed E-state index contributed by atoms with van der Waals surface area (Å²) in [5.74, 6) is -2.18. The molecule has 1 rings (SSSR count). The van der Waals surface area contributed by atoms with Gasteiger partial charge in [0, 0.05) is 11.4 Å². The second-order valence-electron chi connectivity index (χ2n) is 4.20. The van der Waals surface area contributed by atoms with Crippen molar-refractivity contribution in [2.45, 2.75) is 32.2 Å². The largest absolute Gasteiger partial charge is 0.345 e. The number of alkyl halides is 1. The molecule has 0 saturated heterocycles. The molecule has 0 aliphatic carbocycles. The molecule has 0 radical (unpaired) electrons. The first-order chi connectivity index (χ1) is 8.48. The van der Waals surface area contributed by atoms with Crippen LogP contribution in [0.3, 0.4) is 0 Å². The van der Waals surface area contributed by atoms with Crippen LogP contribution in [0.25, 0.3) is 0 Å². The second-order valence-corrected chi connectivity index (χ2v) is 4.47. The maximum absolute atomic E-state index is 13.0. The van der Waals surface area contributed by atoms with Crippen molar-refractivity contribution in [3.05, 3.63) is 35.4 Å². The molecule has 0 unspecified atom stereocenters. The maximum atomic E-state index is 13.0. The normalized spacial score (nSPS) is 11.4. The minimum absolute atomic E-state index is 0.0882. The van der Waals surface area contributed by atoms with Crippen LogP contribution in [-0.4, -0.2) is 17.3 Å². The molecule has 100 valence electrons. The van der Waals surface area contributed by atoms with E-state index in [1.165, 1.54) is 6.07 Å². The number of rotatable bonds is 5. The number of hydrogen-bond donors (Lipinski definition) is 1. The highest BCUT2D eigenvalue weighted by atomic mass is 35.5. The van der Waals surface area contributed by atoms with Crippen LogP contribution in [0.1, 0.15) is 37.0 Å².